The van der Waals surface area contributed by atoms with Gasteiger partial charge in [0, 0.05) is 25.2 Å². The van der Waals surface area contributed by atoms with E-state index in [2.05, 4.69) is 16.3 Å². The summed E-state index contributed by atoms with van der Waals surface area (Å²) in [6, 6.07) is 11.7. The van der Waals surface area contributed by atoms with Gasteiger partial charge in [0.25, 0.3) is 5.69 Å². The lowest BCUT2D eigenvalue weighted by Gasteiger charge is -2.22. The Labute approximate surface area is 170 Å². The number of nitrogens with two attached hydrogens (primary N) is 1. The molecule has 0 aromatic heterocycles. The molecular weight excluding hydrogens is 392 g/mol. The van der Waals surface area contributed by atoms with Crippen molar-refractivity contribution in [3.05, 3.63) is 63.7 Å². The third-order valence-corrected chi connectivity index (χ3v) is 6.11. The summed E-state index contributed by atoms with van der Waals surface area (Å²) in [6.45, 7) is 3.41. The molecule has 1 aliphatic heterocycles. The zero-order valence-corrected chi connectivity index (χ0v) is 17.0. The van der Waals surface area contributed by atoms with Crippen molar-refractivity contribution in [1.29, 1.82) is 0 Å². The number of nitro benzene ring substituents is 1. The highest BCUT2D eigenvalue weighted by molar-refractivity contribution is 7.89. The highest BCUT2D eigenvalue weighted by Gasteiger charge is 2.19. The molecule has 2 aromatic rings. The van der Waals surface area contributed by atoms with E-state index in [0.29, 0.717) is 6.54 Å². The normalized spacial score (nSPS) is 15.6. The lowest BCUT2D eigenvalue weighted by atomic mass is 10.1. The summed E-state index contributed by atoms with van der Waals surface area (Å²) in [6.07, 6.45) is 4.97. The van der Waals surface area contributed by atoms with Gasteiger partial charge in [-0.2, -0.15) is 0 Å². The van der Waals surface area contributed by atoms with E-state index in [4.69, 9.17) is 5.14 Å². The Morgan fingerprint density at radius 2 is 1.69 bits per heavy atom. The van der Waals surface area contributed by atoms with Crippen molar-refractivity contribution in [2.45, 2.75) is 43.7 Å². The van der Waals surface area contributed by atoms with Gasteiger partial charge < -0.3 is 5.32 Å². The van der Waals surface area contributed by atoms with Crippen molar-refractivity contribution < 1.29 is 13.3 Å². The average molecular weight is 419 g/mol. The largest absolute Gasteiger partial charge is 0.380 e. The number of nitrogens with zero attached hydrogens (tertiary/aromatic N) is 2. The van der Waals surface area contributed by atoms with E-state index >= 15 is 0 Å². The lowest BCUT2D eigenvalue weighted by Crippen LogP contribution is -2.24. The Balaban J connectivity index is 1.79. The molecule has 3 rings (SSSR count). The van der Waals surface area contributed by atoms with Crippen LogP contribution in [0, 0.1) is 10.1 Å². The molecule has 29 heavy (non-hydrogen) atoms. The summed E-state index contributed by atoms with van der Waals surface area (Å²) in [5.41, 5.74) is 2.17. The van der Waals surface area contributed by atoms with E-state index in [1.165, 1.54) is 43.4 Å². The van der Waals surface area contributed by atoms with Crippen molar-refractivity contribution in [1.82, 2.24) is 4.90 Å². The average Bonchev–Trinajstić information content (AvgIpc) is 2.95. The lowest BCUT2D eigenvalue weighted by molar-refractivity contribution is -0.385. The predicted octanol–water partition coefficient (Wildman–Crippen LogP) is 3.23. The molecule has 3 N–H and O–H groups in total. The number of hydrogen-bond donors (Lipinski definition) is 2. The molecule has 0 amide bonds. The van der Waals surface area contributed by atoms with Gasteiger partial charge in [0.05, 0.1) is 10.6 Å². The first-order chi connectivity index (χ1) is 13.8. The second-order valence-electron chi connectivity index (χ2n) is 7.30. The molecule has 156 valence electrons. The van der Waals surface area contributed by atoms with Gasteiger partial charge >= 0.3 is 0 Å². The Kier molecular flexibility index (Phi) is 6.83. The number of benzene rings is 2. The molecule has 0 saturated carbocycles. The van der Waals surface area contributed by atoms with Crippen LogP contribution in [0.5, 0.6) is 0 Å². The van der Waals surface area contributed by atoms with Crippen LogP contribution in [0.4, 0.5) is 11.4 Å². The summed E-state index contributed by atoms with van der Waals surface area (Å²) in [4.78, 5) is 12.5. The minimum Gasteiger partial charge on any atom is -0.380 e. The fraction of sp³-hybridized carbons (Fsp3) is 0.400. The second-order valence-corrected chi connectivity index (χ2v) is 8.83. The van der Waals surface area contributed by atoms with Crippen molar-refractivity contribution in [2.24, 2.45) is 5.14 Å². The molecule has 2 aromatic carbocycles. The molecule has 1 heterocycles. The number of likely N-dealkylation sites (tertiary alicyclic amines) is 1. The number of rotatable bonds is 7. The van der Waals surface area contributed by atoms with Crippen LogP contribution in [0.1, 0.15) is 36.8 Å². The molecule has 1 fully saturated rings. The van der Waals surface area contributed by atoms with Crippen LogP contribution in [0.15, 0.2) is 47.4 Å². The molecule has 0 bridgehead atoms. The van der Waals surface area contributed by atoms with E-state index < -0.39 is 14.9 Å². The number of nitro groups is 1. The number of non-ortho nitro benzene ring substituents is 1. The Hall–Kier alpha value is -2.49. The third kappa shape index (κ3) is 5.75. The van der Waals surface area contributed by atoms with E-state index in [1.807, 2.05) is 18.2 Å². The quantitative estimate of drug-likeness (QED) is 0.526. The number of sulfonamides is 1. The van der Waals surface area contributed by atoms with Crippen molar-refractivity contribution in [2.75, 3.05) is 18.4 Å². The van der Waals surface area contributed by atoms with E-state index in [-0.39, 0.29) is 16.3 Å². The Morgan fingerprint density at radius 3 is 2.31 bits per heavy atom. The maximum atomic E-state index is 11.9. The molecule has 8 nitrogen and oxygen atoms in total. The van der Waals surface area contributed by atoms with Crippen LogP contribution in [-0.4, -0.2) is 31.3 Å². The third-order valence-electron chi connectivity index (χ3n) is 5.16. The van der Waals surface area contributed by atoms with Gasteiger partial charge in [-0.1, -0.05) is 37.1 Å². The first kappa shape index (κ1) is 21.2. The highest BCUT2D eigenvalue weighted by atomic mass is 32.2. The number of hydrogen-bond acceptors (Lipinski definition) is 6. The molecule has 1 saturated heterocycles. The smallest absolute Gasteiger partial charge is 0.270 e. The van der Waals surface area contributed by atoms with E-state index in [9.17, 15) is 18.5 Å². The standard InChI is InChI=1S/C20H26N4O4S/c21-29(27,28)20-13-18(24(25)26)9-10-19(20)22-14-16-7-3-4-8-17(16)15-23-11-5-1-2-6-12-23/h3-4,7-10,13,22H,1-2,5-6,11-12,14-15H2,(H2,21,27,28). The van der Waals surface area contributed by atoms with E-state index in [0.717, 1.165) is 31.3 Å². The van der Waals surface area contributed by atoms with Crippen LogP contribution in [-0.2, 0) is 23.1 Å². The van der Waals surface area contributed by atoms with Crippen LogP contribution < -0.4 is 10.5 Å². The highest BCUT2D eigenvalue weighted by Crippen LogP contribution is 2.26. The summed E-state index contributed by atoms with van der Waals surface area (Å²) < 4.78 is 23.8. The van der Waals surface area contributed by atoms with Gasteiger partial charge in [0.15, 0.2) is 0 Å². The number of anilines is 1. The molecule has 0 radical (unpaired) electrons. The SMILES string of the molecule is NS(=O)(=O)c1cc([N+](=O)[O-])ccc1NCc1ccccc1CN1CCCCCC1. The molecule has 0 spiro atoms. The van der Waals surface area contributed by atoms with Gasteiger partial charge in [0.1, 0.15) is 4.90 Å². The van der Waals surface area contributed by atoms with Crippen molar-refractivity contribution in [3.63, 3.8) is 0 Å². The maximum absolute atomic E-state index is 11.9. The van der Waals surface area contributed by atoms with Gasteiger partial charge in [0.2, 0.25) is 10.0 Å². The minimum atomic E-state index is -4.11. The molecule has 1 aliphatic rings. The summed E-state index contributed by atoms with van der Waals surface area (Å²) >= 11 is 0. The first-order valence-corrected chi connectivity index (χ1v) is 11.2. The van der Waals surface area contributed by atoms with Gasteiger partial charge in [-0.3, -0.25) is 15.0 Å². The van der Waals surface area contributed by atoms with Crippen molar-refractivity contribution >= 4 is 21.4 Å². The summed E-state index contributed by atoms with van der Waals surface area (Å²) in [5, 5.41) is 19.3. The maximum Gasteiger partial charge on any atom is 0.270 e. The first-order valence-electron chi connectivity index (χ1n) is 9.69. The summed E-state index contributed by atoms with van der Waals surface area (Å²) in [7, 11) is -4.11. The van der Waals surface area contributed by atoms with E-state index in [1.54, 1.807) is 0 Å². The zero-order valence-electron chi connectivity index (χ0n) is 16.2. The van der Waals surface area contributed by atoms with Crippen LogP contribution in [0.3, 0.4) is 0 Å². The molecule has 9 heteroatoms. The van der Waals surface area contributed by atoms with Crippen LogP contribution >= 0.6 is 0 Å². The monoisotopic (exact) mass is 418 g/mol. The number of primary sulfonamides is 1. The van der Waals surface area contributed by atoms with Gasteiger partial charge in [-0.05, 0) is 43.1 Å². The molecule has 0 atom stereocenters. The fourth-order valence-electron chi connectivity index (χ4n) is 3.62. The van der Waals surface area contributed by atoms with Gasteiger partial charge in [-0.15, -0.1) is 0 Å². The van der Waals surface area contributed by atoms with Crippen LogP contribution in [0.2, 0.25) is 0 Å². The Morgan fingerprint density at radius 1 is 1.03 bits per heavy atom. The Bertz CT molecular complexity index is 970. The summed E-state index contributed by atoms with van der Waals surface area (Å²) in [5.74, 6) is 0. The minimum absolute atomic E-state index is 0.252. The van der Waals surface area contributed by atoms with Gasteiger partial charge in [-0.25, -0.2) is 13.6 Å². The van der Waals surface area contributed by atoms with Crippen molar-refractivity contribution in [3.8, 4) is 0 Å². The molecule has 0 aliphatic carbocycles. The fourth-order valence-corrected chi connectivity index (χ4v) is 4.35. The second kappa shape index (κ2) is 9.34. The number of nitrogens with one attached hydrogen (secondary N) is 1. The zero-order chi connectivity index (χ0) is 20.9. The molecule has 0 unspecified atom stereocenters. The molecular formula is C20H26N4O4S. The predicted molar refractivity (Wildman–Crippen MR) is 112 cm³/mol. The topological polar surface area (TPSA) is 119 Å². The van der Waals surface area contributed by atoms with Crippen LogP contribution in [0.25, 0.3) is 0 Å².